The molecule has 3 aromatic rings. The number of anilines is 1. The molecule has 0 atom stereocenters. The summed E-state index contributed by atoms with van der Waals surface area (Å²) >= 11 is 0. The lowest BCUT2D eigenvalue weighted by atomic mass is 10.0. The predicted octanol–water partition coefficient (Wildman–Crippen LogP) is 4.84. The normalized spacial score (nSPS) is 10.9. The number of amides is 1. The standard InChI is InChI=1S/C23H28N4O2/c1-5-27(17(4)28)15-20-8-6-7-9-21(20)24-14-22-25-23(26-29-22)19-12-10-18(11-13-19)16(2)3/h6-13,16,24H,5,14-15H2,1-4H3. The Morgan fingerprint density at radius 1 is 1.14 bits per heavy atom. The number of hydrogen-bond acceptors (Lipinski definition) is 5. The summed E-state index contributed by atoms with van der Waals surface area (Å²) < 4.78 is 5.41. The molecule has 0 radical (unpaired) electrons. The molecule has 2 aromatic carbocycles. The molecule has 0 aliphatic carbocycles. The van der Waals surface area contributed by atoms with E-state index in [9.17, 15) is 4.79 Å². The highest BCUT2D eigenvalue weighted by Gasteiger charge is 2.12. The van der Waals surface area contributed by atoms with Gasteiger partial charge in [0.15, 0.2) is 0 Å². The number of nitrogens with zero attached hydrogens (tertiary/aromatic N) is 3. The van der Waals surface area contributed by atoms with Gasteiger partial charge in [-0.25, -0.2) is 0 Å². The number of para-hydroxylation sites is 1. The second-order valence-electron chi connectivity index (χ2n) is 7.33. The summed E-state index contributed by atoms with van der Waals surface area (Å²) in [4.78, 5) is 18.0. The minimum atomic E-state index is 0.0623. The van der Waals surface area contributed by atoms with E-state index < -0.39 is 0 Å². The Kier molecular flexibility index (Phi) is 6.65. The molecule has 0 aliphatic heterocycles. The Balaban J connectivity index is 1.68. The molecule has 1 N–H and O–H groups in total. The number of carbonyl (C=O) groups is 1. The molecule has 0 fully saturated rings. The quantitative estimate of drug-likeness (QED) is 0.594. The van der Waals surface area contributed by atoms with Crippen molar-refractivity contribution < 1.29 is 9.32 Å². The maximum atomic E-state index is 11.7. The van der Waals surface area contributed by atoms with Gasteiger partial charge in [-0.15, -0.1) is 0 Å². The zero-order valence-corrected chi connectivity index (χ0v) is 17.5. The van der Waals surface area contributed by atoms with Gasteiger partial charge in [0.1, 0.15) is 0 Å². The minimum Gasteiger partial charge on any atom is -0.376 e. The molecular formula is C23H28N4O2. The number of benzene rings is 2. The van der Waals surface area contributed by atoms with E-state index in [1.54, 1.807) is 11.8 Å². The monoisotopic (exact) mass is 392 g/mol. The summed E-state index contributed by atoms with van der Waals surface area (Å²) in [6, 6.07) is 16.2. The molecule has 6 heteroatoms. The van der Waals surface area contributed by atoms with Crippen LogP contribution < -0.4 is 5.32 Å². The van der Waals surface area contributed by atoms with Gasteiger partial charge < -0.3 is 14.7 Å². The summed E-state index contributed by atoms with van der Waals surface area (Å²) in [5, 5.41) is 7.45. The summed E-state index contributed by atoms with van der Waals surface area (Å²) in [6.45, 7) is 9.55. The van der Waals surface area contributed by atoms with Crippen molar-refractivity contribution in [3.05, 3.63) is 65.5 Å². The molecule has 1 aromatic heterocycles. The first-order chi connectivity index (χ1) is 14.0. The van der Waals surface area contributed by atoms with Gasteiger partial charge in [0, 0.05) is 31.3 Å². The fourth-order valence-electron chi connectivity index (χ4n) is 3.11. The van der Waals surface area contributed by atoms with Crippen LogP contribution in [0.15, 0.2) is 53.1 Å². The fourth-order valence-corrected chi connectivity index (χ4v) is 3.11. The van der Waals surface area contributed by atoms with Crippen LogP contribution in [0, 0.1) is 0 Å². The summed E-state index contributed by atoms with van der Waals surface area (Å²) in [5.41, 5.74) is 4.22. The molecule has 6 nitrogen and oxygen atoms in total. The second-order valence-corrected chi connectivity index (χ2v) is 7.33. The van der Waals surface area contributed by atoms with Crippen LogP contribution >= 0.6 is 0 Å². The molecule has 0 saturated heterocycles. The number of carbonyl (C=O) groups excluding carboxylic acids is 1. The molecule has 3 rings (SSSR count). The van der Waals surface area contributed by atoms with Gasteiger partial charge in [-0.2, -0.15) is 4.98 Å². The van der Waals surface area contributed by atoms with Gasteiger partial charge in [-0.05, 0) is 30.0 Å². The third-order valence-electron chi connectivity index (χ3n) is 4.94. The van der Waals surface area contributed by atoms with Crippen LogP contribution in [0.5, 0.6) is 0 Å². The first-order valence-electron chi connectivity index (χ1n) is 9.98. The Labute approximate surface area is 171 Å². The van der Waals surface area contributed by atoms with Crippen LogP contribution in [0.2, 0.25) is 0 Å². The van der Waals surface area contributed by atoms with E-state index >= 15 is 0 Å². The molecule has 0 bridgehead atoms. The van der Waals surface area contributed by atoms with Crippen molar-refractivity contribution in [1.29, 1.82) is 0 Å². The molecule has 0 unspecified atom stereocenters. The van der Waals surface area contributed by atoms with Gasteiger partial charge in [0.05, 0.1) is 6.54 Å². The topological polar surface area (TPSA) is 71.3 Å². The van der Waals surface area contributed by atoms with Crippen LogP contribution in [0.4, 0.5) is 5.69 Å². The number of rotatable bonds is 8. The summed E-state index contributed by atoms with van der Waals surface area (Å²) in [5.74, 6) is 1.65. The highest BCUT2D eigenvalue weighted by atomic mass is 16.5. The van der Waals surface area contributed by atoms with Gasteiger partial charge in [0.2, 0.25) is 17.6 Å². The number of nitrogens with one attached hydrogen (secondary N) is 1. The van der Waals surface area contributed by atoms with Gasteiger partial charge in [0.25, 0.3) is 0 Å². The maximum Gasteiger partial charge on any atom is 0.246 e. The minimum absolute atomic E-state index is 0.0623. The van der Waals surface area contributed by atoms with Gasteiger partial charge in [-0.1, -0.05) is 61.5 Å². The third kappa shape index (κ3) is 5.22. The Hall–Kier alpha value is -3.15. The lowest BCUT2D eigenvalue weighted by Gasteiger charge is -2.21. The fraction of sp³-hybridized carbons (Fsp3) is 0.348. The highest BCUT2D eigenvalue weighted by Crippen LogP contribution is 2.22. The van der Waals surface area contributed by atoms with Crippen molar-refractivity contribution in [1.82, 2.24) is 15.0 Å². The van der Waals surface area contributed by atoms with E-state index in [4.69, 9.17) is 4.52 Å². The van der Waals surface area contributed by atoms with E-state index in [1.807, 2.05) is 43.3 Å². The molecule has 0 saturated carbocycles. The van der Waals surface area contributed by atoms with Crippen LogP contribution in [0.1, 0.15) is 50.6 Å². The highest BCUT2D eigenvalue weighted by molar-refractivity contribution is 5.73. The lowest BCUT2D eigenvalue weighted by molar-refractivity contribution is -0.129. The number of hydrogen-bond donors (Lipinski definition) is 1. The second kappa shape index (κ2) is 9.37. The Morgan fingerprint density at radius 2 is 1.86 bits per heavy atom. The summed E-state index contributed by atoms with van der Waals surface area (Å²) in [7, 11) is 0. The molecule has 1 amide bonds. The SMILES string of the molecule is CCN(Cc1ccccc1NCc1nc(-c2ccc(C(C)C)cc2)no1)C(C)=O. The first kappa shape index (κ1) is 20.6. The number of aromatic nitrogens is 2. The largest absolute Gasteiger partial charge is 0.376 e. The van der Waals surface area contributed by atoms with Crippen LogP contribution in [0.3, 0.4) is 0 Å². The van der Waals surface area contributed by atoms with Crippen LogP contribution in [0.25, 0.3) is 11.4 Å². The Bertz CT molecular complexity index is 948. The summed E-state index contributed by atoms with van der Waals surface area (Å²) in [6.07, 6.45) is 0. The van der Waals surface area contributed by atoms with E-state index in [1.165, 1.54) is 5.56 Å². The van der Waals surface area contributed by atoms with Crippen LogP contribution in [-0.4, -0.2) is 27.5 Å². The molecule has 152 valence electrons. The van der Waals surface area contributed by atoms with Crippen molar-refractivity contribution >= 4 is 11.6 Å². The maximum absolute atomic E-state index is 11.7. The zero-order valence-electron chi connectivity index (χ0n) is 17.5. The van der Waals surface area contributed by atoms with Crippen molar-refractivity contribution in [2.75, 3.05) is 11.9 Å². The molecular weight excluding hydrogens is 364 g/mol. The predicted molar refractivity (Wildman–Crippen MR) is 114 cm³/mol. The molecule has 0 spiro atoms. The lowest BCUT2D eigenvalue weighted by Crippen LogP contribution is -2.28. The average molecular weight is 393 g/mol. The van der Waals surface area contributed by atoms with Gasteiger partial charge in [-0.3, -0.25) is 4.79 Å². The van der Waals surface area contributed by atoms with Crippen molar-refractivity contribution in [3.8, 4) is 11.4 Å². The van der Waals surface area contributed by atoms with Crippen molar-refractivity contribution in [2.45, 2.75) is 46.7 Å². The van der Waals surface area contributed by atoms with E-state index in [-0.39, 0.29) is 5.91 Å². The van der Waals surface area contributed by atoms with E-state index in [0.717, 1.165) is 16.8 Å². The zero-order chi connectivity index (χ0) is 20.8. The van der Waals surface area contributed by atoms with Crippen LogP contribution in [-0.2, 0) is 17.9 Å². The van der Waals surface area contributed by atoms with Gasteiger partial charge >= 0.3 is 0 Å². The first-order valence-corrected chi connectivity index (χ1v) is 9.98. The smallest absolute Gasteiger partial charge is 0.246 e. The third-order valence-corrected chi connectivity index (χ3v) is 4.94. The Morgan fingerprint density at radius 3 is 2.52 bits per heavy atom. The molecule has 29 heavy (non-hydrogen) atoms. The van der Waals surface area contributed by atoms with Crippen molar-refractivity contribution in [2.24, 2.45) is 0 Å². The average Bonchev–Trinajstić information content (AvgIpc) is 3.20. The molecule has 1 heterocycles. The van der Waals surface area contributed by atoms with E-state index in [2.05, 4.69) is 41.4 Å². The molecule has 0 aliphatic rings. The van der Waals surface area contributed by atoms with Crippen molar-refractivity contribution in [3.63, 3.8) is 0 Å². The van der Waals surface area contributed by atoms with E-state index in [0.29, 0.717) is 37.3 Å².